The molecule has 174 valence electrons. The maximum absolute atomic E-state index is 13.9. The smallest absolute Gasteiger partial charge is 0.293 e. The zero-order valence-electron chi connectivity index (χ0n) is 18.3. The van der Waals surface area contributed by atoms with Crippen LogP contribution in [0, 0.1) is 5.82 Å². The number of nitrogens with zero attached hydrogens (tertiary/aromatic N) is 1. The van der Waals surface area contributed by atoms with Gasteiger partial charge >= 0.3 is 0 Å². The first kappa shape index (κ1) is 24.0. The van der Waals surface area contributed by atoms with Crippen LogP contribution in [0.2, 0.25) is 0 Å². The van der Waals surface area contributed by atoms with Crippen molar-refractivity contribution in [2.45, 2.75) is 13.0 Å². The second-order valence-corrected chi connectivity index (χ2v) is 9.33. The number of hydrogen-bond acceptors (Lipinski definition) is 5. The first-order chi connectivity index (χ1) is 16.5. The predicted octanol–water partition coefficient (Wildman–Crippen LogP) is 6.45. The summed E-state index contributed by atoms with van der Waals surface area (Å²) in [5.41, 5.74) is 2.14. The fourth-order valence-electron chi connectivity index (χ4n) is 3.46. The number of hydrogen-bond donors (Lipinski definition) is 0. The Labute approximate surface area is 209 Å². The summed E-state index contributed by atoms with van der Waals surface area (Å²) in [6.07, 6.45) is 2.25. The van der Waals surface area contributed by atoms with Crippen molar-refractivity contribution in [1.82, 2.24) is 4.90 Å². The molecule has 0 spiro atoms. The van der Waals surface area contributed by atoms with Gasteiger partial charge in [0.1, 0.15) is 12.4 Å². The summed E-state index contributed by atoms with van der Waals surface area (Å²) in [6.45, 7) is 0.350. The molecule has 4 rings (SSSR count). The molecular weight excluding hydrogens is 521 g/mol. The van der Waals surface area contributed by atoms with E-state index in [0.29, 0.717) is 45.0 Å². The molecule has 2 amide bonds. The molecule has 5 nitrogen and oxygen atoms in total. The molecule has 8 heteroatoms. The first-order valence-corrected chi connectivity index (χ1v) is 12.1. The summed E-state index contributed by atoms with van der Waals surface area (Å²) < 4.78 is 25.8. The Balaban J connectivity index is 1.50. The summed E-state index contributed by atoms with van der Waals surface area (Å²) in [7, 11) is 1.50. The molecule has 1 heterocycles. The van der Waals surface area contributed by atoms with Crippen molar-refractivity contribution in [1.29, 1.82) is 0 Å². The van der Waals surface area contributed by atoms with E-state index in [1.165, 1.54) is 18.1 Å². The molecule has 0 aliphatic carbocycles. The van der Waals surface area contributed by atoms with E-state index in [1.807, 2.05) is 30.3 Å². The Morgan fingerprint density at radius 2 is 1.79 bits per heavy atom. The molecule has 1 aliphatic rings. The van der Waals surface area contributed by atoms with Gasteiger partial charge in [-0.25, -0.2) is 4.39 Å². The normalized spacial score (nSPS) is 14.7. The van der Waals surface area contributed by atoms with Gasteiger partial charge in [-0.2, -0.15) is 0 Å². The van der Waals surface area contributed by atoms with Crippen molar-refractivity contribution in [3.8, 4) is 11.5 Å². The third-order valence-corrected chi connectivity index (χ3v) is 6.72. The second-order valence-electron chi connectivity index (χ2n) is 7.48. The quantitative estimate of drug-likeness (QED) is 0.306. The molecule has 1 saturated heterocycles. The average Bonchev–Trinajstić information content (AvgIpc) is 3.10. The van der Waals surface area contributed by atoms with Crippen LogP contribution in [0.25, 0.3) is 6.08 Å². The summed E-state index contributed by atoms with van der Waals surface area (Å²) in [5.74, 6) is 0.164. The van der Waals surface area contributed by atoms with Crippen LogP contribution in [0.15, 0.2) is 76.1 Å². The van der Waals surface area contributed by atoms with Gasteiger partial charge in [0, 0.05) is 12.1 Å². The van der Waals surface area contributed by atoms with Crippen LogP contribution in [-0.2, 0) is 17.8 Å². The van der Waals surface area contributed by atoms with E-state index < -0.39 is 0 Å². The van der Waals surface area contributed by atoms with E-state index in [0.717, 1.165) is 17.3 Å². The number of amides is 2. The van der Waals surface area contributed by atoms with E-state index in [9.17, 15) is 14.0 Å². The van der Waals surface area contributed by atoms with Gasteiger partial charge in [-0.3, -0.25) is 14.5 Å². The minimum atomic E-state index is -0.350. The maximum atomic E-state index is 13.9. The number of benzene rings is 3. The van der Waals surface area contributed by atoms with Gasteiger partial charge in [0.2, 0.25) is 0 Å². The van der Waals surface area contributed by atoms with Gasteiger partial charge in [-0.05, 0) is 69.5 Å². The SMILES string of the molecule is COc1cc(/C=C2\SC(=O)N(CCc3ccccc3)C2=O)cc(Br)c1OCc1ccccc1F. The van der Waals surface area contributed by atoms with Crippen molar-refractivity contribution < 1.29 is 23.5 Å². The lowest BCUT2D eigenvalue weighted by Crippen LogP contribution is -2.30. The highest BCUT2D eigenvalue weighted by Crippen LogP contribution is 2.39. The average molecular weight is 542 g/mol. The molecule has 0 radical (unpaired) electrons. The van der Waals surface area contributed by atoms with Crippen LogP contribution in [0.4, 0.5) is 9.18 Å². The fourth-order valence-corrected chi connectivity index (χ4v) is 4.90. The van der Waals surface area contributed by atoms with Crippen molar-refractivity contribution >= 4 is 44.9 Å². The molecule has 3 aromatic rings. The molecule has 1 aliphatic heterocycles. The van der Waals surface area contributed by atoms with Gasteiger partial charge in [0.05, 0.1) is 16.5 Å². The third kappa shape index (κ3) is 5.51. The van der Waals surface area contributed by atoms with Crippen LogP contribution in [-0.4, -0.2) is 29.7 Å². The number of carbonyl (C=O) groups excluding carboxylic acids is 2. The van der Waals surface area contributed by atoms with E-state index >= 15 is 0 Å². The number of rotatable bonds is 8. The van der Waals surface area contributed by atoms with Crippen LogP contribution in [0.5, 0.6) is 11.5 Å². The minimum absolute atomic E-state index is 0.0291. The summed E-state index contributed by atoms with van der Waals surface area (Å²) >= 11 is 4.39. The minimum Gasteiger partial charge on any atom is -0.493 e. The number of halogens is 2. The lowest BCUT2D eigenvalue weighted by molar-refractivity contribution is -0.122. The fraction of sp³-hybridized carbons (Fsp3) is 0.154. The summed E-state index contributed by atoms with van der Waals surface area (Å²) in [5, 5.41) is -0.289. The Morgan fingerprint density at radius 3 is 2.53 bits per heavy atom. The number of methoxy groups -OCH3 is 1. The van der Waals surface area contributed by atoms with Gasteiger partial charge < -0.3 is 9.47 Å². The van der Waals surface area contributed by atoms with E-state index in [-0.39, 0.29) is 23.6 Å². The third-order valence-electron chi connectivity index (χ3n) is 5.22. The standard InChI is InChI=1S/C26H21BrFNO4S/c1-32-22-14-18(13-20(27)24(22)33-16-19-9-5-6-10-21(19)28)15-23-25(30)29(26(31)34-23)12-11-17-7-3-2-4-8-17/h2-10,13-15H,11-12,16H2,1H3/b23-15-. The number of thioether (sulfide) groups is 1. The molecule has 0 aromatic heterocycles. The molecule has 0 saturated carbocycles. The number of carbonyl (C=O) groups is 2. The molecule has 0 bridgehead atoms. The molecular formula is C26H21BrFNO4S. The zero-order chi connectivity index (χ0) is 24.1. The molecule has 3 aromatic carbocycles. The lowest BCUT2D eigenvalue weighted by Gasteiger charge is -2.14. The monoisotopic (exact) mass is 541 g/mol. The van der Waals surface area contributed by atoms with Crippen LogP contribution in [0.3, 0.4) is 0 Å². The van der Waals surface area contributed by atoms with Gasteiger partial charge in [-0.1, -0.05) is 48.5 Å². The zero-order valence-corrected chi connectivity index (χ0v) is 20.7. The Hall–Kier alpha value is -3.10. The van der Waals surface area contributed by atoms with Gasteiger partial charge in [0.15, 0.2) is 11.5 Å². The predicted molar refractivity (Wildman–Crippen MR) is 134 cm³/mol. The molecule has 0 atom stereocenters. The summed E-state index contributed by atoms with van der Waals surface area (Å²) in [4.78, 5) is 26.9. The highest BCUT2D eigenvalue weighted by molar-refractivity contribution is 9.10. The summed E-state index contributed by atoms with van der Waals surface area (Å²) in [6, 6.07) is 19.6. The van der Waals surface area contributed by atoms with Gasteiger partial charge in [0.25, 0.3) is 11.1 Å². The highest BCUT2D eigenvalue weighted by Gasteiger charge is 2.34. The van der Waals surface area contributed by atoms with Crippen molar-refractivity contribution in [2.24, 2.45) is 0 Å². The number of imide groups is 1. The Bertz CT molecular complexity index is 1250. The Morgan fingerprint density at radius 1 is 1.06 bits per heavy atom. The molecule has 0 unspecified atom stereocenters. The van der Waals surface area contributed by atoms with Gasteiger partial charge in [-0.15, -0.1) is 0 Å². The van der Waals surface area contributed by atoms with Crippen molar-refractivity contribution in [3.63, 3.8) is 0 Å². The Kier molecular flexibility index (Phi) is 7.70. The van der Waals surface area contributed by atoms with Crippen molar-refractivity contribution in [2.75, 3.05) is 13.7 Å². The maximum Gasteiger partial charge on any atom is 0.293 e. The highest BCUT2D eigenvalue weighted by atomic mass is 79.9. The topological polar surface area (TPSA) is 55.8 Å². The molecule has 0 N–H and O–H groups in total. The number of ether oxygens (including phenoxy) is 2. The molecule has 1 fully saturated rings. The van der Waals surface area contributed by atoms with Crippen LogP contribution in [0.1, 0.15) is 16.7 Å². The van der Waals surface area contributed by atoms with E-state index in [2.05, 4.69) is 15.9 Å². The second kappa shape index (κ2) is 10.9. The van der Waals surface area contributed by atoms with E-state index in [4.69, 9.17) is 9.47 Å². The lowest BCUT2D eigenvalue weighted by atomic mass is 10.1. The van der Waals surface area contributed by atoms with Crippen LogP contribution < -0.4 is 9.47 Å². The van der Waals surface area contributed by atoms with Crippen LogP contribution >= 0.6 is 27.7 Å². The first-order valence-electron chi connectivity index (χ1n) is 10.5. The van der Waals surface area contributed by atoms with E-state index in [1.54, 1.807) is 36.4 Å². The largest absolute Gasteiger partial charge is 0.493 e. The van der Waals surface area contributed by atoms with Crippen molar-refractivity contribution in [3.05, 3.63) is 98.6 Å². The molecule has 34 heavy (non-hydrogen) atoms.